The summed E-state index contributed by atoms with van der Waals surface area (Å²) in [7, 11) is 1.51. The number of hydrogen-bond donors (Lipinski definition) is 1. The lowest BCUT2D eigenvalue weighted by atomic mass is 10.1. The van der Waals surface area contributed by atoms with Gasteiger partial charge in [0, 0.05) is 10.9 Å². The third kappa shape index (κ3) is 4.95. The van der Waals surface area contributed by atoms with E-state index in [2.05, 4.69) is 15.0 Å². The van der Waals surface area contributed by atoms with Gasteiger partial charge in [0.2, 0.25) is 0 Å². The van der Waals surface area contributed by atoms with Crippen molar-refractivity contribution in [1.29, 1.82) is 0 Å². The molecule has 0 aliphatic carbocycles. The number of amides is 1. The number of carbonyl (C=O) groups excluding carboxylic acids is 1. The molecule has 28 heavy (non-hydrogen) atoms. The summed E-state index contributed by atoms with van der Waals surface area (Å²) in [6, 6.07) is 13.3. The lowest BCUT2D eigenvalue weighted by molar-refractivity contribution is -0.118. The van der Waals surface area contributed by atoms with Crippen LogP contribution in [0.15, 0.2) is 53.9 Å². The molecule has 1 amide bonds. The van der Waals surface area contributed by atoms with E-state index in [1.807, 2.05) is 0 Å². The number of benzene rings is 2. The Morgan fingerprint density at radius 3 is 2.50 bits per heavy atom. The number of ether oxygens (including phenoxy) is 3. The standard InChI is InChI=1S/C19H16F2N2O4S/c1-25-15-8-4-5-9-16(15)26-10-17(24)23-19-22-13(11-28-19)12-6-2-3-7-14(12)27-18(20)21/h2-9,11,18H,10H2,1H3,(H,22,23,24). The maximum Gasteiger partial charge on any atom is 0.387 e. The van der Waals surface area contributed by atoms with Gasteiger partial charge in [0.05, 0.1) is 12.8 Å². The van der Waals surface area contributed by atoms with E-state index in [0.29, 0.717) is 27.9 Å². The van der Waals surface area contributed by atoms with Crippen LogP contribution in [0.25, 0.3) is 11.3 Å². The predicted octanol–water partition coefficient (Wildman–Crippen LogP) is 4.44. The summed E-state index contributed by atoms with van der Waals surface area (Å²) < 4.78 is 40.2. The number of nitrogens with one attached hydrogen (secondary N) is 1. The van der Waals surface area contributed by atoms with Gasteiger partial charge in [-0.25, -0.2) is 4.98 Å². The Balaban J connectivity index is 1.64. The van der Waals surface area contributed by atoms with E-state index >= 15 is 0 Å². The third-order valence-electron chi connectivity index (χ3n) is 3.56. The fourth-order valence-corrected chi connectivity index (χ4v) is 3.10. The van der Waals surface area contributed by atoms with Crippen LogP contribution in [0.4, 0.5) is 13.9 Å². The van der Waals surface area contributed by atoms with Crippen LogP contribution in [-0.4, -0.2) is 31.2 Å². The van der Waals surface area contributed by atoms with Crippen LogP contribution in [0.1, 0.15) is 0 Å². The Morgan fingerprint density at radius 1 is 1.11 bits per heavy atom. The number of anilines is 1. The van der Waals surface area contributed by atoms with Gasteiger partial charge in [0.15, 0.2) is 23.2 Å². The molecule has 146 valence electrons. The molecule has 9 heteroatoms. The first-order valence-corrected chi connectivity index (χ1v) is 9.00. The number of alkyl halides is 2. The monoisotopic (exact) mass is 406 g/mol. The van der Waals surface area contributed by atoms with Gasteiger partial charge in [-0.2, -0.15) is 8.78 Å². The van der Waals surface area contributed by atoms with E-state index in [4.69, 9.17) is 9.47 Å². The Kier molecular flexibility index (Phi) is 6.38. The van der Waals surface area contributed by atoms with Crippen molar-refractivity contribution in [2.24, 2.45) is 0 Å². The summed E-state index contributed by atoms with van der Waals surface area (Å²) in [4.78, 5) is 16.4. The first kappa shape index (κ1) is 19.6. The van der Waals surface area contributed by atoms with Crippen LogP contribution >= 0.6 is 11.3 Å². The molecule has 1 heterocycles. The first-order valence-electron chi connectivity index (χ1n) is 8.12. The molecular weight excluding hydrogens is 390 g/mol. The van der Waals surface area contributed by atoms with Gasteiger partial charge in [-0.15, -0.1) is 11.3 Å². The number of thiazole rings is 1. The van der Waals surface area contributed by atoms with E-state index in [1.54, 1.807) is 47.8 Å². The second kappa shape index (κ2) is 9.14. The smallest absolute Gasteiger partial charge is 0.387 e. The second-order valence-electron chi connectivity index (χ2n) is 5.40. The van der Waals surface area contributed by atoms with Crippen molar-refractivity contribution in [3.63, 3.8) is 0 Å². The van der Waals surface area contributed by atoms with Gasteiger partial charge in [-0.1, -0.05) is 24.3 Å². The second-order valence-corrected chi connectivity index (χ2v) is 6.26. The number of carbonyl (C=O) groups is 1. The van der Waals surface area contributed by atoms with E-state index in [-0.39, 0.29) is 12.4 Å². The Bertz CT molecular complexity index is 949. The quantitative estimate of drug-likeness (QED) is 0.599. The Morgan fingerprint density at radius 2 is 1.79 bits per heavy atom. The molecular formula is C19H16F2N2O4S. The summed E-state index contributed by atoms with van der Waals surface area (Å²) in [6.45, 7) is -3.17. The topological polar surface area (TPSA) is 69.7 Å². The molecule has 0 saturated heterocycles. The highest BCUT2D eigenvalue weighted by Gasteiger charge is 2.15. The number of aromatic nitrogens is 1. The van der Waals surface area contributed by atoms with E-state index in [9.17, 15) is 13.6 Å². The molecule has 6 nitrogen and oxygen atoms in total. The van der Waals surface area contributed by atoms with E-state index < -0.39 is 12.5 Å². The number of nitrogens with zero attached hydrogens (tertiary/aromatic N) is 1. The van der Waals surface area contributed by atoms with Crippen molar-refractivity contribution in [3.8, 4) is 28.5 Å². The van der Waals surface area contributed by atoms with Crippen molar-refractivity contribution in [2.45, 2.75) is 6.61 Å². The number of methoxy groups -OCH3 is 1. The lowest BCUT2D eigenvalue weighted by Crippen LogP contribution is -2.20. The maximum absolute atomic E-state index is 12.6. The fourth-order valence-electron chi connectivity index (χ4n) is 2.37. The van der Waals surface area contributed by atoms with Crippen molar-refractivity contribution in [1.82, 2.24) is 4.98 Å². The van der Waals surface area contributed by atoms with Gasteiger partial charge in [-0.3, -0.25) is 10.1 Å². The third-order valence-corrected chi connectivity index (χ3v) is 4.32. The van der Waals surface area contributed by atoms with Gasteiger partial charge in [0.1, 0.15) is 5.75 Å². The van der Waals surface area contributed by atoms with Crippen LogP contribution in [0, 0.1) is 0 Å². The van der Waals surface area contributed by atoms with Crippen LogP contribution < -0.4 is 19.5 Å². The van der Waals surface area contributed by atoms with Crippen LogP contribution in [0.2, 0.25) is 0 Å². The van der Waals surface area contributed by atoms with E-state index in [0.717, 1.165) is 11.3 Å². The SMILES string of the molecule is COc1ccccc1OCC(=O)Nc1nc(-c2ccccc2OC(F)F)cs1. The zero-order valence-corrected chi connectivity index (χ0v) is 15.5. The van der Waals surface area contributed by atoms with Gasteiger partial charge >= 0.3 is 6.61 Å². The number of rotatable bonds is 8. The zero-order chi connectivity index (χ0) is 19.9. The molecule has 2 aromatic carbocycles. The maximum atomic E-state index is 12.6. The molecule has 0 bridgehead atoms. The molecule has 3 rings (SSSR count). The molecule has 0 unspecified atom stereocenters. The highest BCUT2D eigenvalue weighted by molar-refractivity contribution is 7.14. The molecule has 0 fully saturated rings. The van der Waals surface area contributed by atoms with Crippen molar-refractivity contribution in [3.05, 3.63) is 53.9 Å². The molecule has 1 aromatic heterocycles. The highest BCUT2D eigenvalue weighted by Crippen LogP contribution is 2.33. The number of hydrogen-bond acceptors (Lipinski definition) is 6. The predicted molar refractivity (Wildman–Crippen MR) is 101 cm³/mol. The minimum Gasteiger partial charge on any atom is -0.493 e. The fraction of sp³-hybridized carbons (Fsp3) is 0.158. The number of halogens is 2. The summed E-state index contributed by atoms with van der Waals surface area (Å²) >= 11 is 1.16. The minimum absolute atomic E-state index is 0.0141. The minimum atomic E-state index is -2.94. The van der Waals surface area contributed by atoms with E-state index in [1.165, 1.54) is 13.2 Å². The van der Waals surface area contributed by atoms with Crippen molar-refractivity contribution >= 4 is 22.4 Å². The summed E-state index contributed by atoms with van der Waals surface area (Å²) in [5.74, 6) is 0.560. The molecule has 0 atom stereocenters. The van der Waals surface area contributed by atoms with Crippen molar-refractivity contribution in [2.75, 3.05) is 19.0 Å². The van der Waals surface area contributed by atoms with Crippen LogP contribution in [0.5, 0.6) is 17.2 Å². The summed E-state index contributed by atoms with van der Waals surface area (Å²) in [5, 5.41) is 4.57. The largest absolute Gasteiger partial charge is 0.493 e. The van der Waals surface area contributed by atoms with Crippen LogP contribution in [0.3, 0.4) is 0 Å². The average Bonchev–Trinajstić information content (AvgIpc) is 3.14. The molecule has 0 aliphatic heterocycles. The molecule has 0 aliphatic rings. The normalized spacial score (nSPS) is 10.6. The summed E-state index contributed by atoms with van der Waals surface area (Å²) in [5.41, 5.74) is 0.826. The van der Waals surface area contributed by atoms with Gasteiger partial charge in [-0.05, 0) is 24.3 Å². The van der Waals surface area contributed by atoms with Crippen LogP contribution in [-0.2, 0) is 4.79 Å². The summed E-state index contributed by atoms with van der Waals surface area (Å²) in [6.07, 6.45) is 0. The average molecular weight is 406 g/mol. The van der Waals surface area contributed by atoms with Crippen molar-refractivity contribution < 1.29 is 27.8 Å². The molecule has 0 radical (unpaired) electrons. The molecule has 1 N–H and O–H groups in total. The molecule has 0 spiro atoms. The van der Waals surface area contributed by atoms with Gasteiger partial charge in [0.25, 0.3) is 5.91 Å². The Labute approximate surface area is 163 Å². The van der Waals surface area contributed by atoms with Gasteiger partial charge < -0.3 is 14.2 Å². The number of para-hydroxylation sites is 3. The first-order chi connectivity index (χ1) is 13.6. The lowest BCUT2D eigenvalue weighted by Gasteiger charge is -2.09. The zero-order valence-electron chi connectivity index (χ0n) is 14.7. The molecule has 3 aromatic rings. The Hall–Kier alpha value is -3.20. The molecule has 0 saturated carbocycles. The highest BCUT2D eigenvalue weighted by atomic mass is 32.1.